The highest BCUT2D eigenvalue weighted by atomic mass is 16.5. The van der Waals surface area contributed by atoms with E-state index < -0.39 is 6.10 Å². The first-order valence-electron chi connectivity index (χ1n) is 6.77. The first-order valence-corrected chi connectivity index (χ1v) is 6.77. The third-order valence-corrected chi connectivity index (χ3v) is 3.64. The molecule has 1 aliphatic rings. The van der Waals surface area contributed by atoms with Crippen LogP contribution in [0.3, 0.4) is 0 Å². The van der Waals surface area contributed by atoms with Gasteiger partial charge in [-0.2, -0.15) is 0 Å². The molecule has 2 aromatic carbocycles. The topological polar surface area (TPSA) is 38.7 Å². The van der Waals surface area contributed by atoms with E-state index in [1.54, 1.807) is 0 Å². The number of hydrogen-bond acceptors (Lipinski definition) is 3. The smallest absolute Gasteiger partial charge is 0.129 e. The molecule has 1 aliphatic heterocycles. The van der Waals surface area contributed by atoms with Gasteiger partial charge in [-0.1, -0.05) is 23.8 Å². The molecule has 0 aliphatic carbocycles. The molecule has 0 fully saturated rings. The average Bonchev–Trinajstić information content (AvgIpc) is 2.81. The lowest BCUT2D eigenvalue weighted by atomic mass is 10.1. The van der Waals surface area contributed by atoms with Crippen molar-refractivity contribution in [2.45, 2.75) is 26.6 Å². The van der Waals surface area contributed by atoms with Gasteiger partial charge in [-0.3, -0.25) is 0 Å². The van der Waals surface area contributed by atoms with Gasteiger partial charge in [-0.25, -0.2) is 0 Å². The van der Waals surface area contributed by atoms with E-state index >= 15 is 0 Å². The Hall–Kier alpha value is -2.00. The lowest BCUT2D eigenvalue weighted by Gasteiger charge is -2.10. The minimum atomic E-state index is -0.516. The highest BCUT2D eigenvalue weighted by molar-refractivity contribution is 5.44. The zero-order valence-corrected chi connectivity index (χ0v) is 11.7. The second-order valence-electron chi connectivity index (χ2n) is 5.25. The Morgan fingerprint density at radius 3 is 2.90 bits per heavy atom. The minimum Gasteiger partial charge on any atom is -0.490 e. The fraction of sp³-hybridized carbons (Fsp3) is 0.294. The molecule has 104 valence electrons. The molecular formula is C17H18O3. The summed E-state index contributed by atoms with van der Waals surface area (Å²) in [6.45, 7) is 5.03. The van der Waals surface area contributed by atoms with Crippen LogP contribution in [0.5, 0.6) is 11.5 Å². The van der Waals surface area contributed by atoms with E-state index in [2.05, 4.69) is 32.0 Å². The van der Waals surface area contributed by atoms with Gasteiger partial charge < -0.3 is 14.6 Å². The predicted molar refractivity (Wildman–Crippen MR) is 77.1 cm³/mol. The Morgan fingerprint density at radius 1 is 1.20 bits per heavy atom. The molecule has 0 saturated carbocycles. The maximum Gasteiger partial charge on any atom is 0.129 e. The maximum atomic E-state index is 9.68. The van der Waals surface area contributed by atoms with Gasteiger partial charge in [0.2, 0.25) is 0 Å². The van der Waals surface area contributed by atoms with Crippen LogP contribution in [0.4, 0.5) is 0 Å². The number of hydrogen-bond donors (Lipinski definition) is 1. The number of fused-ring (bicyclic) bond motifs is 1. The molecule has 0 radical (unpaired) electrons. The van der Waals surface area contributed by atoms with Gasteiger partial charge in [-0.05, 0) is 37.1 Å². The number of aliphatic hydroxyl groups excluding tert-OH is 1. The number of aliphatic hydroxyl groups is 1. The van der Waals surface area contributed by atoms with Crippen molar-refractivity contribution in [3.63, 3.8) is 0 Å². The van der Waals surface area contributed by atoms with Gasteiger partial charge in [-0.15, -0.1) is 0 Å². The van der Waals surface area contributed by atoms with E-state index in [9.17, 15) is 5.11 Å². The van der Waals surface area contributed by atoms with Crippen molar-refractivity contribution in [1.82, 2.24) is 0 Å². The number of ether oxygens (including phenoxy) is 2. The molecule has 0 saturated heterocycles. The van der Waals surface area contributed by atoms with E-state index in [1.165, 1.54) is 16.7 Å². The highest BCUT2D eigenvalue weighted by Crippen LogP contribution is 2.35. The quantitative estimate of drug-likeness (QED) is 0.930. The zero-order chi connectivity index (χ0) is 14.1. The van der Waals surface area contributed by atoms with E-state index in [-0.39, 0.29) is 0 Å². The van der Waals surface area contributed by atoms with Crippen LogP contribution in [0.2, 0.25) is 0 Å². The largest absolute Gasteiger partial charge is 0.490 e. The summed E-state index contributed by atoms with van der Waals surface area (Å²) < 4.78 is 11.2. The number of benzene rings is 2. The van der Waals surface area contributed by atoms with Crippen LogP contribution in [0.1, 0.15) is 28.4 Å². The molecule has 0 aromatic heterocycles. The summed E-state index contributed by atoms with van der Waals surface area (Å²) in [6.07, 6.45) is -0.516. The summed E-state index contributed by atoms with van der Waals surface area (Å²) in [5, 5.41) is 9.68. The molecule has 1 atom stereocenters. The highest BCUT2D eigenvalue weighted by Gasteiger charge is 2.22. The Labute approximate surface area is 118 Å². The summed E-state index contributed by atoms with van der Waals surface area (Å²) in [6, 6.07) is 11.9. The summed E-state index contributed by atoms with van der Waals surface area (Å²) in [7, 11) is 0. The molecule has 0 amide bonds. The average molecular weight is 270 g/mol. The lowest BCUT2D eigenvalue weighted by Crippen LogP contribution is -1.98. The first-order chi connectivity index (χ1) is 9.63. The minimum absolute atomic E-state index is 0.329. The molecule has 3 rings (SSSR count). The monoisotopic (exact) mass is 270 g/mol. The fourth-order valence-corrected chi connectivity index (χ4v) is 2.38. The first kappa shape index (κ1) is 13.0. The van der Waals surface area contributed by atoms with E-state index in [4.69, 9.17) is 9.47 Å². The molecule has 0 bridgehead atoms. The number of rotatable bonds is 3. The van der Waals surface area contributed by atoms with Crippen LogP contribution in [0, 0.1) is 13.8 Å². The SMILES string of the molecule is Cc1ccc(C)c(COc2ccc3c(c2)OCC3O)c1. The van der Waals surface area contributed by atoms with Crippen LogP contribution in [-0.4, -0.2) is 11.7 Å². The molecule has 20 heavy (non-hydrogen) atoms. The Balaban J connectivity index is 1.74. The summed E-state index contributed by atoms with van der Waals surface area (Å²) >= 11 is 0. The van der Waals surface area contributed by atoms with Gasteiger partial charge in [0.15, 0.2) is 0 Å². The van der Waals surface area contributed by atoms with Crippen molar-refractivity contribution in [1.29, 1.82) is 0 Å². The fourth-order valence-electron chi connectivity index (χ4n) is 2.38. The van der Waals surface area contributed by atoms with E-state index in [0.717, 1.165) is 17.1 Å². The van der Waals surface area contributed by atoms with Gasteiger partial charge in [0.05, 0.1) is 0 Å². The van der Waals surface area contributed by atoms with Gasteiger partial charge >= 0.3 is 0 Å². The van der Waals surface area contributed by atoms with Crippen LogP contribution in [0.25, 0.3) is 0 Å². The van der Waals surface area contributed by atoms with Crippen molar-refractivity contribution in [3.8, 4) is 11.5 Å². The summed E-state index contributed by atoms with van der Waals surface area (Å²) in [5.74, 6) is 1.48. The van der Waals surface area contributed by atoms with Gasteiger partial charge in [0.1, 0.15) is 30.8 Å². The van der Waals surface area contributed by atoms with Gasteiger partial charge in [0, 0.05) is 11.6 Å². The number of aryl methyl sites for hydroxylation is 2. The molecule has 2 aromatic rings. The van der Waals surface area contributed by atoms with Crippen molar-refractivity contribution in [2.75, 3.05) is 6.61 Å². The van der Waals surface area contributed by atoms with Crippen molar-refractivity contribution < 1.29 is 14.6 Å². The van der Waals surface area contributed by atoms with E-state index in [1.807, 2.05) is 18.2 Å². The summed E-state index contributed by atoms with van der Waals surface area (Å²) in [5.41, 5.74) is 4.48. The molecule has 3 heteroatoms. The van der Waals surface area contributed by atoms with Crippen LogP contribution < -0.4 is 9.47 Å². The van der Waals surface area contributed by atoms with E-state index in [0.29, 0.717) is 13.2 Å². The van der Waals surface area contributed by atoms with Crippen molar-refractivity contribution in [3.05, 3.63) is 58.7 Å². The standard InChI is InChI=1S/C17H18O3/c1-11-3-4-12(2)13(7-11)9-19-14-5-6-15-16(18)10-20-17(15)8-14/h3-8,16,18H,9-10H2,1-2H3. The molecule has 1 unspecified atom stereocenters. The third-order valence-electron chi connectivity index (χ3n) is 3.64. The van der Waals surface area contributed by atoms with Crippen molar-refractivity contribution >= 4 is 0 Å². The second-order valence-corrected chi connectivity index (χ2v) is 5.25. The second kappa shape index (κ2) is 5.17. The molecule has 1 heterocycles. The summed E-state index contributed by atoms with van der Waals surface area (Å²) in [4.78, 5) is 0. The Bertz CT molecular complexity index is 634. The molecule has 1 N–H and O–H groups in total. The Kier molecular flexibility index (Phi) is 3.36. The van der Waals surface area contributed by atoms with Crippen molar-refractivity contribution in [2.24, 2.45) is 0 Å². The normalized spacial score (nSPS) is 16.6. The third kappa shape index (κ3) is 2.49. The maximum absolute atomic E-state index is 9.68. The Morgan fingerprint density at radius 2 is 2.05 bits per heavy atom. The molecular weight excluding hydrogens is 252 g/mol. The lowest BCUT2D eigenvalue weighted by molar-refractivity contribution is 0.140. The molecule has 3 nitrogen and oxygen atoms in total. The zero-order valence-electron chi connectivity index (χ0n) is 11.7. The predicted octanol–water partition coefficient (Wildman–Crippen LogP) is 3.31. The van der Waals surface area contributed by atoms with Crippen LogP contribution in [-0.2, 0) is 6.61 Å². The van der Waals surface area contributed by atoms with Gasteiger partial charge in [0.25, 0.3) is 0 Å². The van der Waals surface area contributed by atoms with Crippen LogP contribution >= 0.6 is 0 Å². The van der Waals surface area contributed by atoms with Crippen LogP contribution in [0.15, 0.2) is 36.4 Å². The molecule has 0 spiro atoms.